The van der Waals surface area contributed by atoms with Crippen molar-refractivity contribution in [3.8, 4) is 11.5 Å². The molecule has 0 aliphatic carbocycles. The highest BCUT2D eigenvalue weighted by Gasteiger charge is 2.30. The van der Waals surface area contributed by atoms with Crippen molar-refractivity contribution in [1.29, 1.82) is 0 Å². The minimum absolute atomic E-state index is 0.337. The van der Waals surface area contributed by atoms with Crippen molar-refractivity contribution < 1.29 is 17.9 Å². The van der Waals surface area contributed by atoms with Gasteiger partial charge in [-0.05, 0) is 59.2 Å². The molecule has 2 rings (SSSR count). The Kier molecular flexibility index (Phi) is 5.97. The molecule has 118 valence electrons. The fraction of sp³-hybridized carbons (Fsp3) is 0.250. The predicted octanol–water partition coefficient (Wildman–Crippen LogP) is 6.52. The molecule has 0 unspecified atom stereocenters. The van der Waals surface area contributed by atoms with Gasteiger partial charge in [-0.3, -0.25) is 0 Å². The zero-order valence-electron chi connectivity index (χ0n) is 11.5. The molecular formula is C16H13ClF3IO. The Bertz CT molecular complexity index is 626. The quantitative estimate of drug-likeness (QED) is 0.380. The summed E-state index contributed by atoms with van der Waals surface area (Å²) in [4.78, 5) is 0. The minimum Gasteiger partial charge on any atom is -0.457 e. The molecule has 0 bridgehead atoms. The molecule has 2 aromatic rings. The van der Waals surface area contributed by atoms with Crippen LogP contribution in [0.25, 0.3) is 0 Å². The Morgan fingerprint density at radius 2 is 1.64 bits per heavy atom. The average Bonchev–Trinajstić information content (AvgIpc) is 2.46. The van der Waals surface area contributed by atoms with Crippen molar-refractivity contribution in [2.75, 3.05) is 4.43 Å². The second kappa shape index (κ2) is 7.55. The number of ether oxygens (including phenoxy) is 1. The standard InChI is InChI=1S/C16H13ClF3IO/c17-15-10-14(6-3-11(15)2-1-9-21)22-13-7-4-12(5-8-13)16(18,19)20/h3-8,10H,1-2,9H2. The number of rotatable bonds is 5. The van der Waals surface area contributed by atoms with Gasteiger partial charge in [-0.2, -0.15) is 13.2 Å². The predicted molar refractivity (Wildman–Crippen MR) is 90.2 cm³/mol. The lowest BCUT2D eigenvalue weighted by Gasteiger charge is -2.10. The van der Waals surface area contributed by atoms with Gasteiger partial charge < -0.3 is 4.74 Å². The third-order valence-electron chi connectivity index (χ3n) is 3.02. The second-order valence-electron chi connectivity index (χ2n) is 4.67. The number of benzene rings is 2. The van der Waals surface area contributed by atoms with Gasteiger partial charge in [-0.15, -0.1) is 0 Å². The fourth-order valence-corrected chi connectivity index (χ4v) is 2.55. The second-order valence-corrected chi connectivity index (χ2v) is 6.16. The Balaban J connectivity index is 2.09. The summed E-state index contributed by atoms with van der Waals surface area (Å²) in [6.45, 7) is 0. The molecule has 0 aromatic heterocycles. The molecule has 0 radical (unpaired) electrons. The minimum atomic E-state index is -4.35. The number of alkyl halides is 4. The third-order valence-corrected chi connectivity index (χ3v) is 4.14. The first-order valence-corrected chi connectivity index (χ1v) is 8.50. The topological polar surface area (TPSA) is 9.23 Å². The zero-order chi connectivity index (χ0) is 16.2. The molecular weight excluding hydrogens is 428 g/mol. The third kappa shape index (κ3) is 4.78. The summed E-state index contributed by atoms with van der Waals surface area (Å²) < 4.78 is 44.0. The first-order chi connectivity index (χ1) is 10.4. The summed E-state index contributed by atoms with van der Waals surface area (Å²) in [7, 11) is 0. The van der Waals surface area contributed by atoms with Crippen LogP contribution in [0.3, 0.4) is 0 Å². The average molecular weight is 441 g/mol. The van der Waals surface area contributed by atoms with E-state index < -0.39 is 11.7 Å². The van der Waals surface area contributed by atoms with E-state index in [-0.39, 0.29) is 0 Å². The normalized spacial score (nSPS) is 11.5. The van der Waals surface area contributed by atoms with E-state index in [0.717, 1.165) is 35.0 Å². The first-order valence-electron chi connectivity index (χ1n) is 6.59. The van der Waals surface area contributed by atoms with E-state index in [1.54, 1.807) is 12.1 Å². The van der Waals surface area contributed by atoms with E-state index in [1.165, 1.54) is 12.1 Å². The SMILES string of the molecule is FC(F)(F)c1ccc(Oc2ccc(CCCI)c(Cl)c2)cc1. The van der Waals surface area contributed by atoms with E-state index in [2.05, 4.69) is 22.6 Å². The summed E-state index contributed by atoms with van der Waals surface area (Å²) >= 11 is 8.49. The van der Waals surface area contributed by atoms with Crippen molar-refractivity contribution in [2.24, 2.45) is 0 Å². The summed E-state index contributed by atoms with van der Waals surface area (Å²) in [5.74, 6) is 0.840. The van der Waals surface area contributed by atoms with Gasteiger partial charge in [0.1, 0.15) is 11.5 Å². The highest BCUT2D eigenvalue weighted by atomic mass is 127. The molecule has 0 fully saturated rings. The molecule has 0 aliphatic rings. The van der Waals surface area contributed by atoms with Crippen LogP contribution in [0, 0.1) is 0 Å². The zero-order valence-corrected chi connectivity index (χ0v) is 14.4. The van der Waals surface area contributed by atoms with Gasteiger partial charge in [0.15, 0.2) is 0 Å². The van der Waals surface area contributed by atoms with Gasteiger partial charge in [0, 0.05) is 5.02 Å². The van der Waals surface area contributed by atoms with Gasteiger partial charge in [-0.25, -0.2) is 0 Å². The van der Waals surface area contributed by atoms with Crippen molar-refractivity contribution in [3.05, 3.63) is 58.6 Å². The van der Waals surface area contributed by atoms with Crippen LogP contribution in [0.5, 0.6) is 11.5 Å². The van der Waals surface area contributed by atoms with Gasteiger partial charge in [0.2, 0.25) is 0 Å². The summed E-state index contributed by atoms with van der Waals surface area (Å²) in [5, 5.41) is 0.606. The van der Waals surface area contributed by atoms with E-state index >= 15 is 0 Å². The molecule has 0 saturated carbocycles. The molecule has 22 heavy (non-hydrogen) atoms. The number of aryl methyl sites for hydroxylation is 1. The van der Waals surface area contributed by atoms with Crippen LogP contribution in [0.1, 0.15) is 17.5 Å². The van der Waals surface area contributed by atoms with Gasteiger partial charge >= 0.3 is 6.18 Å². The molecule has 6 heteroatoms. The Morgan fingerprint density at radius 1 is 1.00 bits per heavy atom. The van der Waals surface area contributed by atoms with Crippen molar-refractivity contribution in [2.45, 2.75) is 19.0 Å². The van der Waals surface area contributed by atoms with Crippen LogP contribution < -0.4 is 4.74 Å². The lowest BCUT2D eigenvalue weighted by Crippen LogP contribution is -2.03. The molecule has 0 heterocycles. The molecule has 0 N–H and O–H groups in total. The lowest BCUT2D eigenvalue weighted by molar-refractivity contribution is -0.137. The van der Waals surface area contributed by atoms with Crippen LogP contribution >= 0.6 is 34.2 Å². The van der Waals surface area contributed by atoms with E-state index in [4.69, 9.17) is 16.3 Å². The molecule has 0 aliphatic heterocycles. The maximum absolute atomic E-state index is 12.5. The smallest absolute Gasteiger partial charge is 0.416 e. The number of halogens is 5. The van der Waals surface area contributed by atoms with E-state index in [0.29, 0.717) is 16.5 Å². The summed E-state index contributed by atoms with van der Waals surface area (Å²) in [6.07, 6.45) is -2.41. The molecule has 0 saturated heterocycles. The Morgan fingerprint density at radius 3 is 2.18 bits per heavy atom. The maximum atomic E-state index is 12.5. The lowest BCUT2D eigenvalue weighted by atomic mass is 10.1. The monoisotopic (exact) mass is 440 g/mol. The number of hydrogen-bond acceptors (Lipinski definition) is 1. The van der Waals surface area contributed by atoms with Crippen molar-refractivity contribution in [3.63, 3.8) is 0 Å². The maximum Gasteiger partial charge on any atom is 0.416 e. The highest BCUT2D eigenvalue weighted by molar-refractivity contribution is 14.1. The first kappa shape index (κ1) is 17.4. The van der Waals surface area contributed by atoms with Crippen LogP contribution in [0.4, 0.5) is 13.2 Å². The molecule has 0 atom stereocenters. The van der Waals surface area contributed by atoms with Crippen LogP contribution in [0.15, 0.2) is 42.5 Å². The molecule has 2 aromatic carbocycles. The molecule has 0 amide bonds. The van der Waals surface area contributed by atoms with Gasteiger partial charge in [0.25, 0.3) is 0 Å². The molecule has 0 spiro atoms. The van der Waals surface area contributed by atoms with E-state index in [9.17, 15) is 13.2 Å². The van der Waals surface area contributed by atoms with Crippen molar-refractivity contribution >= 4 is 34.2 Å². The largest absolute Gasteiger partial charge is 0.457 e. The van der Waals surface area contributed by atoms with E-state index in [1.807, 2.05) is 6.07 Å². The summed E-state index contributed by atoms with van der Waals surface area (Å²) in [5.41, 5.74) is 0.338. The van der Waals surface area contributed by atoms with Crippen LogP contribution in [0.2, 0.25) is 5.02 Å². The summed E-state index contributed by atoms with van der Waals surface area (Å²) in [6, 6.07) is 9.90. The Hall–Kier alpha value is -0.950. The molecule has 1 nitrogen and oxygen atoms in total. The van der Waals surface area contributed by atoms with Gasteiger partial charge in [0.05, 0.1) is 5.56 Å². The van der Waals surface area contributed by atoms with Crippen molar-refractivity contribution in [1.82, 2.24) is 0 Å². The van der Waals surface area contributed by atoms with Gasteiger partial charge in [-0.1, -0.05) is 40.3 Å². The van der Waals surface area contributed by atoms with Crippen LogP contribution in [-0.4, -0.2) is 4.43 Å². The van der Waals surface area contributed by atoms with Crippen LogP contribution in [-0.2, 0) is 12.6 Å². The highest BCUT2D eigenvalue weighted by Crippen LogP contribution is 2.32. The Labute approximate surface area is 145 Å². The fourth-order valence-electron chi connectivity index (χ4n) is 1.90. The number of hydrogen-bond donors (Lipinski definition) is 0.